The van der Waals surface area contributed by atoms with Crippen LogP contribution in [0.25, 0.3) is 0 Å². The average Bonchev–Trinajstić information content (AvgIpc) is 3.14. The zero-order chi connectivity index (χ0) is 16.6. The van der Waals surface area contributed by atoms with E-state index in [0.717, 1.165) is 5.56 Å². The Morgan fingerprint density at radius 1 is 0.917 bits per heavy atom. The highest BCUT2D eigenvalue weighted by Gasteiger charge is 2.90. The van der Waals surface area contributed by atoms with Gasteiger partial charge in [0.1, 0.15) is 11.6 Å². The molecule has 5 aliphatic rings. The van der Waals surface area contributed by atoms with Crippen molar-refractivity contribution in [2.45, 2.75) is 29.4 Å². The van der Waals surface area contributed by atoms with E-state index in [1.807, 2.05) is 19.1 Å². The second-order valence-corrected chi connectivity index (χ2v) is 10.6. The fraction of sp³-hybridized carbons (Fsp3) is 0.579. The minimum atomic E-state index is -3.61. The van der Waals surface area contributed by atoms with Gasteiger partial charge in [0, 0.05) is 23.7 Å². The van der Waals surface area contributed by atoms with Gasteiger partial charge in [-0.25, -0.2) is 8.42 Å². The molecule has 5 saturated carbocycles. The number of benzene rings is 1. The van der Waals surface area contributed by atoms with E-state index in [-0.39, 0.29) is 47.1 Å². The Kier molecular flexibility index (Phi) is 2.12. The molecule has 0 spiro atoms. The van der Waals surface area contributed by atoms with E-state index in [4.69, 9.17) is 0 Å². The first-order valence-corrected chi connectivity index (χ1v) is 10.3. The standard InChI is InChI=1S/C19H18O4S/c1-8-2-4-9(5-3-8)24(22,23)19-13-7-12-16(19)14-10(17(12)20)6-11(15(14)19)18(13)21/h2-5,10-16H,6-7H2,1H3/t10-,11+,12+,13-,14+,15-,16+,19-/m1/s1. The van der Waals surface area contributed by atoms with Crippen LogP contribution in [0.4, 0.5) is 0 Å². The first-order chi connectivity index (χ1) is 11.4. The molecule has 0 aromatic heterocycles. The summed E-state index contributed by atoms with van der Waals surface area (Å²) in [6, 6.07) is 6.97. The summed E-state index contributed by atoms with van der Waals surface area (Å²) in [7, 11) is -3.61. The Labute approximate surface area is 140 Å². The first kappa shape index (κ1) is 13.8. The lowest BCUT2D eigenvalue weighted by Crippen LogP contribution is -2.63. The van der Waals surface area contributed by atoms with Crippen molar-refractivity contribution < 1.29 is 18.0 Å². The minimum Gasteiger partial charge on any atom is -0.299 e. The second kappa shape index (κ2) is 3.69. The van der Waals surface area contributed by atoms with Crippen LogP contribution >= 0.6 is 0 Å². The number of carbonyl (C=O) groups is 2. The van der Waals surface area contributed by atoms with E-state index in [2.05, 4.69) is 0 Å². The van der Waals surface area contributed by atoms with Crippen molar-refractivity contribution in [2.75, 3.05) is 0 Å². The minimum absolute atomic E-state index is 0.0402. The smallest absolute Gasteiger partial charge is 0.185 e. The van der Waals surface area contributed by atoms with Gasteiger partial charge in [-0.2, -0.15) is 0 Å². The fourth-order valence-corrected chi connectivity index (χ4v) is 10.3. The maximum absolute atomic E-state index is 13.7. The molecule has 24 heavy (non-hydrogen) atoms. The van der Waals surface area contributed by atoms with Crippen LogP contribution in [0.5, 0.6) is 0 Å². The number of ketones is 2. The molecule has 0 saturated heterocycles. The molecule has 0 aliphatic heterocycles. The molecule has 0 unspecified atom stereocenters. The van der Waals surface area contributed by atoms with Gasteiger partial charge in [0.2, 0.25) is 0 Å². The van der Waals surface area contributed by atoms with Crippen LogP contribution in [0, 0.1) is 48.3 Å². The number of hydrogen-bond donors (Lipinski definition) is 0. The highest BCUT2D eigenvalue weighted by atomic mass is 32.2. The van der Waals surface area contributed by atoms with Gasteiger partial charge < -0.3 is 0 Å². The topological polar surface area (TPSA) is 68.3 Å². The van der Waals surface area contributed by atoms with E-state index in [1.165, 1.54) is 0 Å². The molecule has 5 aliphatic carbocycles. The lowest BCUT2D eigenvalue weighted by Gasteiger charge is -2.53. The summed E-state index contributed by atoms with van der Waals surface area (Å²) in [5.41, 5.74) is 1.01. The number of carbonyl (C=O) groups excluding carboxylic acids is 2. The van der Waals surface area contributed by atoms with Crippen LogP contribution in [0.1, 0.15) is 18.4 Å². The maximum atomic E-state index is 13.7. The van der Waals surface area contributed by atoms with Crippen molar-refractivity contribution in [3.8, 4) is 0 Å². The molecule has 0 N–H and O–H groups in total. The van der Waals surface area contributed by atoms with Gasteiger partial charge in [0.15, 0.2) is 9.84 Å². The lowest BCUT2D eigenvalue weighted by molar-refractivity contribution is -0.128. The lowest BCUT2D eigenvalue weighted by atomic mass is 9.59. The Balaban J connectivity index is 1.61. The van der Waals surface area contributed by atoms with Crippen molar-refractivity contribution in [3.63, 3.8) is 0 Å². The van der Waals surface area contributed by atoms with E-state index in [9.17, 15) is 18.0 Å². The molecular weight excluding hydrogens is 324 g/mol. The van der Waals surface area contributed by atoms with Crippen molar-refractivity contribution in [1.82, 2.24) is 0 Å². The van der Waals surface area contributed by atoms with Crippen molar-refractivity contribution >= 4 is 21.4 Å². The molecule has 0 bridgehead atoms. The summed E-state index contributed by atoms with van der Waals surface area (Å²) in [6.07, 6.45) is 1.09. The summed E-state index contributed by atoms with van der Waals surface area (Å²) in [6.45, 7) is 1.93. The van der Waals surface area contributed by atoms with Gasteiger partial charge in [-0.05, 0) is 49.7 Å². The quantitative estimate of drug-likeness (QED) is 0.822. The van der Waals surface area contributed by atoms with E-state index in [1.54, 1.807) is 12.1 Å². The summed E-state index contributed by atoms with van der Waals surface area (Å²) in [5.74, 6) is -0.519. The predicted molar refractivity (Wildman–Crippen MR) is 84.8 cm³/mol. The second-order valence-electron chi connectivity index (χ2n) is 8.45. The number of rotatable bonds is 2. The SMILES string of the molecule is Cc1ccc(S(=O)(=O)[C@@]23[C@@H]4[C@@H]5[C@H]2[C@@H]2C[C@H]5C(=O)[C@H]4C[C@@H]3C2=O)cc1. The Morgan fingerprint density at radius 2 is 1.54 bits per heavy atom. The Morgan fingerprint density at radius 3 is 2.21 bits per heavy atom. The number of hydrogen-bond acceptors (Lipinski definition) is 4. The van der Waals surface area contributed by atoms with E-state index >= 15 is 0 Å². The molecule has 6 rings (SSSR count). The molecule has 5 heteroatoms. The highest BCUT2D eigenvalue weighted by Crippen LogP contribution is 2.82. The van der Waals surface area contributed by atoms with Gasteiger partial charge in [-0.3, -0.25) is 9.59 Å². The molecule has 8 atom stereocenters. The van der Waals surface area contributed by atoms with E-state index in [0.29, 0.717) is 17.7 Å². The third-order valence-electron chi connectivity index (χ3n) is 7.98. The molecule has 0 amide bonds. The van der Waals surface area contributed by atoms with Crippen molar-refractivity contribution in [2.24, 2.45) is 41.4 Å². The molecular formula is C19H18O4S. The van der Waals surface area contributed by atoms with Crippen molar-refractivity contribution in [3.05, 3.63) is 29.8 Å². The fourth-order valence-electron chi connectivity index (χ4n) is 7.45. The molecule has 0 heterocycles. The van der Waals surface area contributed by atoms with Crippen LogP contribution in [0.3, 0.4) is 0 Å². The van der Waals surface area contributed by atoms with Crippen LogP contribution in [0.2, 0.25) is 0 Å². The number of sulfone groups is 1. The molecule has 1 aromatic rings. The van der Waals surface area contributed by atoms with Crippen LogP contribution in [0.15, 0.2) is 29.2 Å². The van der Waals surface area contributed by atoms with Gasteiger partial charge in [-0.15, -0.1) is 0 Å². The summed E-state index contributed by atoms with van der Waals surface area (Å²) in [4.78, 5) is 25.9. The Bertz CT molecular complexity index is 919. The zero-order valence-corrected chi connectivity index (χ0v) is 14.1. The average molecular weight is 342 g/mol. The third-order valence-corrected chi connectivity index (χ3v) is 10.6. The van der Waals surface area contributed by atoms with Crippen LogP contribution < -0.4 is 0 Å². The largest absolute Gasteiger partial charge is 0.299 e. The predicted octanol–water partition coefficient (Wildman–Crippen LogP) is 1.81. The summed E-state index contributed by atoms with van der Waals surface area (Å²) < 4.78 is 26.4. The molecule has 0 radical (unpaired) electrons. The molecule has 124 valence electrons. The first-order valence-electron chi connectivity index (χ1n) is 8.79. The van der Waals surface area contributed by atoms with E-state index < -0.39 is 20.5 Å². The molecule has 1 aromatic carbocycles. The maximum Gasteiger partial charge on any atom is 0.185 e. The number of Topliss-reactive ketones (excluding diaryl/α,β-unsaturated/α-hetero) is 2. The third kappa shape index (κ3) is 1.07. The molecule has 4 nitrogen and oxygen atoms in total. The van der Waals surface area contributed by atoms with Gasteiger partial charge >= 0.3 is 0 Å². The summed E-state index contributed by atoms with van der Waals surface area (Å²) in [5, 5.41) is 0. The zero-order valence-electron chi connectivity index (χ0n) is 13.3. The Hall–Kier alpha value is -1.49. The number of aryl methyl sites for hydroxylation is 1. The monoisotopic (exact) mass is 342 g/mol. The van der Waals surface area contributed by atoms with Gasteiger partial charge in [0.25, 0.3) is 0 Å². The normalized spacial score (nSPS) is 49.8. The van der Waals surface area contributed by atoms with Gasteiger partial charge in [-0.1, -0.05) is 17.7 Å². The van der Waals surface area contributed by atoms with Crippen molar-refractivity contribution in [1.29, 1.82) is 0 Å². The molecule has 5 fully saturated rings. The van der Waals surface area contributed by atoms with Crippen LogP contribution in [-0.2, 0) is 19.4 Å². The highest BCUT2D eigenvalue weighted by molar-refractivity contribution is 7.93. The van der Waals surface area contributed by atoms with Crippen LogP contribution in [-0.4, -0.2) is 24.7 Å². The van der Waals surface area contributed by atoms with Gasteiger partial charge in [0.05, 0.1) is 9.64 Å². The summed E-state index contributed by atoms with van der Waals surface area (Å²) >= 11 is 0.